The van der Waals surface area contributed by atoms with Crippen molar-refractivity contribution >= 4 is 29.2 Å². The third kappa shape index (κ3) is 4.61. The van der Waals surface area contributed by atoms with Crippen LogP contribution in [-0.4, -0.2) is 30.1 Å². The number of methoxy groups -OCH3 is 1. The second kappa shape index (κ2) is 7.28. The number of anilines is 1. The lowest BCUT2D eigenvalue weighted by Crippen LogP contribution is -2.36. The number of carbonyl (C=O) groups is 2. The number of ether oxygens (including phenoxy) is 1. The van der Waals surface area contributed by atoms with Crippen LogP contribution in [0.25, 0.3) is 0 Å². The fraction of sp³-hybridized carbons (Fsp3) is 0.429. The molecule has 4 N–H and O–H groups in total. The number of nitrogens with two attached hydrogens (primary N) is 1. The Hall–Kier alpha value is -1.79. The largest absolute Gasteiger partial charge is 0.496 e. The molecule has 0 aliphatic rings. The molecule has 0 saturated heterocycles. The number of nitrogens with one attached hydrogen (secondary N) is 1. The van der Waals surface area contributed by atoms with Gasteiger partial charge in [-0.15, -0.1) is 0 Å². The molecule has 0 heterocycles. The van der Waals surface area contributed by atoms with E-state index < -0.39 is 12.0 Å². The average Bonchev–Trinajstić information content (AvgIpc) is 2.39. The van der Waals surface area contributed by atoms with E-state index >= 15 is 0 Å². The van der Waals surface area contributed by atoms with Gasteiger partial charge in [-0.2, -0.15) is 0 Å². The normalized spacial score (nSPS) is 12.1. The summed E-state index contributed by atoms with van der Waals surface area (Å²) in [4.78, 5) is 23.0. The van der Waals surface area contributed by atoms with Crippen LogP contribution in [0.2, 0.25) is 5.02 Å². The van der Waals surface area contributed by atoms with Crippen molar-refractivity contribution in [3.8, 4) is 5.75 Å². The van der Waals surface area contributed by atoms with E-state index in [1.54, 1.807) is 0 Å². The molecule has 0 aliphatic carbocycles. The Morgan fingerprint density at radius 3 is 2.52 bits per heavy atom. The number of carbonyl (C=O) groups excluding carboxylic acids is 1. The van der Waals surface area contributed by atoms with Crippen LogP contribution in [0.15, 0.2) is 12.1 Å². The van der Waals surface area contributed by atoms with Gasteiger partial charge in [0.25, 0.3) is 0 Å². The van der Waals surface area contributed by atoms with Gasteiger partial charge in [-0.05, 0) is 18.4 Å². The molecule has 1 rings (SSSR count). The molecule has 1 amide bonds. The highest BCUT2D eigenvalue weighted by atomic mass is 35.5. The minimum absolute atomic E-state index is 0.0769. The van der Waals surface area contributed by atoms with Gasteiger partial charge in [-0.25, -0.2) is 4.79 Å². The van der Waals surface area contributed by atoms with Crippen molar-refractivity contribution in [3.05, 3.63) is 22.7 Å². The highest BCUT2D eigenvalue weighted by Gasteiger charge is 2.19. The SMILES string of the molecule is COc1cc(NC(=O)[C@H](N)CC(C)C)c(Cl)cc1C(=O)O. The Balaban J connectivity index is 2.99. The highest BCUT2D eigenvalue weighted by Crippen LogP contribution is 2.31. The first-order valence-electron chi connectivity index (χ1n) is 6.43. The van der Waals surface area contributed by atoms with Gasteiger partial charge in [0.1, 0.15) is 11.3 Å². The summed E-state index contributed by atoms with van der Waals surface area (Å²) in [5.74, 6) is -1.15. The fourth-order valence-electron chi connectivity index (χ4n) is 1.83. The Labute approximate surface area is 128 Å². The van der Waals surface area contributed by atoms with Gasteiger partial charge in [0.15, 0.2) is 0 Å². The zero-order valence-corrected chi connectivity index (χ0v) is 12.9. The first-order valence-corrected chi connectivity index (χ1v) is 6.81. The Morgan fingerprint density at radius 2 is 2.05 bits per heavy atom. The molecular weight excluding hydrogens is 296 g/mol. The van der Waals surface area contributed by atoms with Gasteiger partial charge in [0.2, 0.25) is 5.91 Å². The second-order valence-corrected chi connectivity index (χ2v) is 5.47. The molecule has 0 aliphatic heterocycles. The number of carboxylic acid groups (broad SMARTS) is 1. The highest BCUT2D eigenvalue weighted by molar-refractivity contribution is 6.34. The number of carboxylic acids is 1. The number of rotatable bonds is 6. The van der Waals surface area contributed by atoms with Gasteiger partial charge in [0, 0.05) is 6.07 Å². The third-order valence-corrected chi connectivity index (χ3v) is 3.15. The summed E-state index contributed by atoms with van der Waals surface area (Å²) < 4.78 is 4.99. The summed E-state index contributed by atoms with van der Waals surface area (Å²) in [7, 11) is 1.34. The molecule has 6 nitrogen and oxygen atoms in total. The molecule has 1 aromatic rings. The maximum Gasteiger partial charge on any atom is 0.339 e. The lowest BCUT2D eigenvalue weighted by molar-refractivity contribution is -0.117. The van der Waals surface area contributed by atoms with E-state index in [1.165, 1.54) is 19.2 Å². The number of benzene rings is 1. The smallest absolute Gasteiger partial charge is 0.339 e. The summed E-state index contributed by atoms with van der Waals surface area (Å²) in [6.45, 7) is 3.93. The van der Waals surface area contributed by atoms with Gasteiger partial charge in [-0.3, -0.25) is 4.79 Å². The van der Waals surface area contributed by atoms with Crippen LogP contribution in [0, 0.1) is 5.92 Å². The molecule has 7 heteroatoms. The molecule has 1 atom stereocenters. The Bertz CT molecular complexity index is 546. The summed E-state index contributed by atoms with van der Waals surface area (Å²) >= 11 is 5.98. The fourth-order valence-corrected chi connectivity index (χ4v) is 2.04. The predicted molar refractivity (Wildman–Crippen MR) is 81.0 cm³/mol. The number of halogens is 1. The van der Waals surface area contributed by atoms with Crippen LogP contribution in [0.4, 0.5) is 5.69 Å². The Morgan fingerprint density at radius 1 is 1.43 bits per heavy atom. The van der Waals surface area contributed by atoms with Crippen LogP contribution >= 0.6 is 11.6 Å². The summed E-state index contributed by atoms with van der Waals surface area (Å²) in [5.41, 5.74) is 5.97. The molecule has 21 heavy (non-hydrogen) atoms. The molecular formula is C14H19ClN2O4. The minimum Gasteiger partial charge on any atom is -0.496 e. The zero-order valence-electron chi connectivity index (χ0n) is 12.1. The average molecular weight is 315 g/mol. The molecule has 0 radical (unpaired) electrons. The van der Waals surface area contributed by atoms with Crippen molar-refractivity contribution in [2.24, 2.45) is 11.7 Å². The van der Waals surface area contributed by atoms with Crippen molar-refractivity contribution in [1.82, 2.24) is 0 Å². The number of aromatic carboxylic acids is 1. The molecule has 0 spiro atoms. The predicted octanol–water partition coefficient (Wildman–Crippen LogP) is 2.36. The summed E-state index contributed by atoms with van der Waals surface area (Å²) in [6, 6.07) is 1.93. The van der Waals surface area contributed by atoms with Crippen LogP contribution in [-0.2, 0) is 4.79 Å². The van der Waals surface area contributed by atoms with Gasteiger partial charge >= 0.3 is 5.97 Å². The topological polar surface area (TPSA) is 102 Å². The van der Waals surface area contributed by atoms with E-state index in [2.05, 4.69) is 5.32 Å². The molecule has 0 unspecified atom stereocenters. The van der Waals surface area contributed by atoms with E-state index in [0.29, 0.717) is 6.42 Å². The van der Waals surface area contributed by atoms with Crippen molar-refractivity contribution in [1.29, 1.82) is 0 Å². The van der Waals surface area contributed by atoms with E-state index in [-0.39, 0.29) is 33.8 Å². The number of hydrogen-bond donors (Lipinski definition) is 3. The van der Waals surface area contributed by atoms with Crippen molar-refractivity contribution in [2.45, 2.75) is 26.3 Å². The maximum atomic E-state index is 12.0. The minimum atomic E-state index is -1.16. The van der Waals surface area contributed by atoms with Gasteiger partial charge in [0.05, 0.1) is 23.9 Å². The molecule has 1 aromatic carbocycles. The van der Waals surface area contributed by atoms with E-state index in [4.69, 9.17) is 27.2 Å². The van der Waals surface area contributed by atoms with E-state index in [9.17, 15) is 9.59 Å². The van der Waals surface area contributed by atoms with Crippen molar-refractivity contribution in [3.63, 3.8) is 0 Å². The monoisotopic (exact) mass is 314 g/mol. The maximum absolute atomic E-state index is 12.0. The van der Waals surface area contributed by atoms with Gasteiger partial charge < -0.3 is 20.9 Å². The lowest BCUT2D eigenvalue weighted by atomic mass is 10.0. The molecule has 0 fully saturated rings. The first-order chi connectivity index (χ1) is 9.76. The van der Waals surface area contributed by atoms with Crippen LogP contribution in [0.1, 0.15) is 30.6 Å². The summed E-state index contributed by atoms with van der Waals surface area (Å²) in [5, 5.41) is 11.7. The zero-order chi connectivity index (χ0) is 16.2. The molecule has 116 valence electrons. The number of hydrogen-bond acceptors (Lipinski definition) is 4. The lowest BCUT2D eigenvalue weighted by Gasteiger charge is -2.16. The van der Waals surface area contributed by atoms with Crippen LogP contribution < -0.4 is 15.8 Å². The van der Waals surface area contributed by atoms with E-state index in [0.717, 1.165) is 0 Å². The van der Waals surface area contributed by atoms with Crippen molar-refractivity contribution in [2.75, 3.05) is 12.4 Å². The van der Waals surface area contributed by atoms with E-state index in [1.807, 2.05) is 13.8 Å². The van der Waals surface area contributed by atoms with Crippen LogP contribution in [0.3, 0.4) is 0 Å². The van der Waals surface area contributed by atoms with Crippen LogP contribution in [0.5, 0.6) is 5.75 Å². The Kier molecular flexibility index (Phi) is 5.99. The quantitative estimate of drug-likeness (QED) is 0.748. The second-order valence-electron chi connectivity index (χ2n) is 5.06. The molecule has 0 saturated carbocycles. The number of amides is 1. The summed E-state index contributed by atoms with van der Waals surface area (Å²) in [6.07, 6.45) is 0.536. The standard InChI is InChI=1S/C14H19ClN2O4/c1-7(2)4-10(16)13(18)17-11-6-12(21-3)8(14(19)20)5-9(11)15/h5-7,10H,4,16H2,1-3H3,(H,17,18)(H,19,20)/t10-/m1/s1. The van der Waals surface area contributed by atoms with Crippen molar-refractivity contribution < 1.29 is 19.4 Å². The molecule has 0 aromatic heterocycles. The molecule has 0 bridgehead atoms. The van der Waals surface area contributed by atoms with Gasteiger partial charge in [-0.1, -0.05) is 25.4 Å². The first kappa shape index (κ1) is 17.3. The third-order valence-electron chi connectivity index (χ3n) is 2.84.